The molecule has 21 heavy (non-hydrogen) atoms. The molecule has 128 valence electrons. The van der Waals surface area contributed by atoms with Crippen LogP contribution in [0.25, 0.3) is 0 Å². The van der Waals surface area contributed by atoms with Gasteiger partial charge in [0.05, 0.1) is 6.67 Å². The number of rotatable bonds is 15. The lowest BCUT2D eigenvalue weighted by atomic mass is 9.90. The molecule has 0 spiro atoms. The Hall–Kier alpha value is 0.630. The molecule has 0 aromatic heterocycles. The zero-order valence-electron chi connectivity index (χ0n) is 14.7. The summed E-state index contributed by atoms with van der Waals surface area (Å²) in [6.45, 7) is 8.84. The molecule has 0 heterocycles. The second kappa shape index (κ2) is 15.5. The Labute approximate surface area is 141 Å². The van der Waals surface area contributed by atoms with Crippen LogP contribution in [0.2, 0.25) is 0 Å². The smallest absolute Gasteiger partial charge is 0.0905 e. The molecule has 0 aliphatic rings. The quantitative estimate of drug-likeness (QED) is 0.222. The van der Waals surface area contributed by atoms with E-state index in [-0.39, 0.29) is 6.67 Å². The second-order valence-electron chi connectivity index (χ2n) is 6.36. The minimum atomic E-state index is -0.157. The predicted octanol–water partition coefficient (Wildman–Crippen LogP) is 7.67. The summed E-state index contributed by atoms with van der Waals surface area (Å²) in [5.74, 6) is 0.723. The highest BCUT2D eigenvalue weighted by molar-refractivity contribution is 8.77. The summed E-state index contributed by atoms with van der Waals surface area (Å²) >= 11 is 0. The van der Waals surface area contributed by atoms with Crippen LogP contribution >= 0.6 is 21.6 Å². The standard InChI is InChI=1S/C18H37FS2/c1-5-7-9-11-13-17(12-10-8-6-2)18(14-15-19)21-20-16(3)4/h16-18H,5-15H2,1-4H3. The first-order valence-corrected chi connectivity index (χ1v) is 11.3. The SMILES string of the molecule is CCCCCCC(CCCCC)C(CCF)SSC(C)C. The minimum Gasteiger partial charge on any atom is -0.251 e. The van der Waals surface area contributed by atoms with Crippen molar-refractivity contribution in [3.05, 3.63) is 0 Å². The lowest BCUT2D eigenvalue weighted by Crippen LogP contribution is -2.18. The van der Waals surface area contributed by atoms with Gasteiger partial charge in [-0.25, -0.2) is 0 Å². The summed E-state index contributed by atoms with van der Waals surface area (Å²) in [5, 5.41) is 1.15. The van der Waals surface area contributed by atoms with E-state index in [2.05, 4.69) is 27.7 Å². The molecule has 0 radical (unpaired) electrons. The number of hydrogen-bond donors (Lipinski definition) is 0. The molecule has 0 amide bonds. The second-order valence-corrected chi connectivity index (χ2v) is 9.45. The molecule has 0 nitrogen and oxygen atoms in total. The molecule has 0 bridgehead atoms. The van der Waals surface area contributed by atoms with Crippen LogP contribution in [0.5, 0.6) is 0 Å². The van der Waals surface area contributed by atoms with Gasteiger partial charge in [0.15, 0.2) is 0 Å². The first kappa shape index (κ1) is 21.6. The van der Waals surface area contributed by atoms with Gasteiger partial charge in [0.2, 0.25) is 0 Å². The predicted molar refractivity (Wildman–Crippen MR) is 101 cm³/mol. The summed E-state index contributed by atoms with van der Waals surface area (Å²) in [5.41, 5.74) is 0. The van der Waals surface area contributed by atoms with Crippen LogP contribution in [0, 0.1) is 5.92 Å². The van der Waals surface area contributed by atoms with E-state index in [1.807, 2.05) is 21.6 Å². The Morgan fingerprint density at radius 3 is 1.86 bits per heavy atom. The molecule has 0 rings (SSSR count). The fourth-order valence-corrected chi connectivity index (χ4v) is 5.49. The van der Waals surface area contributed by atoms with Gasteiger partial charge in [0.25, 0.3) is 0 Å². The number of halogens is 1. The number of hydrogen-bond acceptors (Lipinski definition) is 2. The van der Waals surface area contributed by atoms with Gasteiger partial charge in [-0.1, -0.05) is 94.2 Å². The lowest BCUT2D eigenvalue weighted by molar-refractivity contribution is 0.360. The maximum atomic E-state index is 12.9. The molecule has 3 heteroatoms. The highest BCUT2D eigenvalue weighted by atomic mass is 33.1. The molecular weight excluding hydrogens is 299 g/mol. The topological polar surface area (TPSA) is 0 Å². The molecule has 0 aliphatic heterocycles. The van der Waals surface area contributed by atoms with Crippen molar-refractivity contribution in [2.45, 2.75) is 102 Å². The van der Waals surface area contributed by atoms with Crippen molar-refractivity contribution in [3.63, 3.8) is 0 Å². The molecular formula is C18H37FS2. The van der Waals surface area contributed by atoms with Crippen molar-refractivity contribution in [1.29, 1.82) is 0 Å². The van der Waals surface area contributed by atoms with Crippen LogP contribution in [-0.4, -0.2) is 17.2 Å². The van der Waals surface area contributed by atoms with Crippen LogP contribution in [0.3, 0.4) is 0 Å². The molecule has 0 fully saturated rings. The van der Waals surface area contributed by atoms with Gasteiger partial charge in [-0.05, 0) is 25.2 Å². The highest BCUT2D eigenvalue weighted by Gasteiger charge is 2.22. The molecule has 0 saturated carbocycles. The van der Waals surface area contributed by atoms with E-state index in [0.717, 1.165) is 12.3 Å². The fourth-order valence-electron chi connectivity index (χ4n) is 2.66. The number of unbranched alkanes of at least 4 members (excludes halogenated alkanes) is 5. The van der Waals surface area contributed by atoms with E-state index < -0.39 is 0 Å². The third-order valence-electron chi connectivity index (χ3n) is 3.90. The van der Waals surface area contributed by atoms with Crippen molar-refractivity contribution < 1.29 is 4.39 Å². The van der Waals surface area contributed by atoms with E-state index in [9.17, 15) is 4.39 Å². The average molecular weight is 337 g/mol. The zero-order chi connectivity index (χ0) is 15.9. The fraction of sp³-hybridized carbons (Fsp3) is 1.00. The zero-order valence-corrected chi connectivity index (χ0v) is 16.3. The van der Waals surface area contributed by atoms with Crippen LogP contribution in [-0.2, 0) is 0 Å². The van der Waals surface area contributed by atoms with Crippen LogP contribution in [0.15, 0.2) is 0 Å². The molecule has 0 aromatic carbocycles. The lowest BCUT2D eigenvalue weighted by Gasteiger charge is -2.26. The van der Waals surface area contributed by atoms with Gasteiger partial charge in [-0.3, -0.25) is 4.39 Å². The molecule has 0 aliphatic carbocycles. The van der Waals surface area contributed by atoms with E-state index in [4.69, 9.17) is 0 Å². The Kier molecular flexibility index (Phi) is 16.0. The number of alkyl halides is 1. The van der Waals surface area contributed by atoms with Crippen molar-refractivity contribution in [1.82, 2.24) is 0 Å². The first-order valence-electron chi connectivity index (χ1n) is 9.03. The van der Waals surface area contributed by atoms with Gasteiger partial charge in [-0.15, -0.1) is 0 Å². The van der Waals surface area contributed by atoms with Gasteiger partial charge in [-0.2, -0.15) is 0 Å². The Bertz CT molecular complexity index is 209. The molecule has 0 saturated heterocycles. The van der Waals surface area contributed by atoms with E-state index >= 15 is 0 Å². The van der Waals surface area contributed by atoms with E-state index in [1.54, 1.807) is 0 Å². The first-order chi connectivity index (χ1) is 10.2. The summed E-state index contributed by atoms with van der Waals surface area (Å²) in [6.07, 6.45) is 12.6. The average Bonchev–Trinajstić information content (AvgIpc) is 2.46. The van der Waals surface area contributed by atoms with Gasteiger partial charge in [0, 0.05) is 10.5 Å². The van der Waals surface area contributed by atoms with E-state index in [1.165, 1.54) is 57.8 Å². The maximum Gasteiger partial charge on any atom is 0.0905 e. The summed E-state index contributed by atoms with van der Waals surface area (Å²) in [7, 11) is 3.90. The monoisotopic (exact) mass is 336 g/mol. The maximum absolute atomic E-state index is 12.9. The third kappa shape index (κ3) is 12.8. The summed E-state index contributed by atoms with van der Waals surface area (Å²) in [4.78, 5) is 0. The minimum absolute atomic E-state index is 0.157. The molecule has 0 N–H and O–H groups in total. The van der Waals surface area contributed by atoms with E-state index in [0.29, 0.717) is 10.5 Å². The molecule has 2 unspecified atom stereocenters. The highest BCUT2D eigenvalue weighted by Crippen LogP contribution is 2.39. The van der Waals surface area contributed by atoms with Crippen LogP contribution in [0.4, 0.5) is 4.39 Å². The van der Waals surface area contributed by atoms with Crippen molar-refractivity contribution in [2.75, 3.05) is 6.67 Å². The largest absolute Gasteiger partial charge is 0.251 e. The molecule has 0 aromatic rings. The summed E-state index contributed by atoms with van der Waals surface area (Å²) in [6, 6.07) is 0. The Balaban J connectivity index is 4.35. The van der Waals surface area contributed by atoms with Gasteiger partial charge >= 0.3 is 0 Å². The van der Waals surface area contributed by atoms with Gasteiger partial charge < -0.3 is 0 Å². The van der Waals surface area contributed by atoms with Gasteiger partial charge in [0.1, 0.15) is 0 Å². The van der Waals surface area contributed by atoms with Crippen LogP contribution < -0.4 is 0 Å². The summed E-state index contributed by atoms with van der Waals surface area (Å²) < 4.78 is 12.9. The third-order valence-corrected chi connectivity index (χ3v) is 7.49. The Morgan fingerprint density at radius 2 is 1.33 bits per heavy atom. The van der Waals surface area contributed by atoms with Crippen molar-refractivity contribution in [2.24, 2.45) is 5.92 Å². The van der Waals surface area contributed by atoms with Crippen molar-refractivity contribution in [3.8, 4) is 0 Å². The Morgan fingerprint density at radius 1 is 0.762 bits per heavy atom. The van der Waals surface area contributed by atoms with Crippen molar-refractivity contribution >= 4 is 21.6 Å². The molecule has 2 atom stereocenters. The normalized spacial score (nSPS) is 14.6. The van der Waals surface area contributed by atoms with Crippen LogP contribution in [0.1, 0.15) is 91.9 Å².